The number of hydrogen-bond acceptors (Lipinski definition) is 2. The number of benzene rings is 2. The van der Waals surface area contributed by atoms with Gasteiger partial charge in [-0.15, -0.1) is 0 Å². The van der Waals surface area contributed by atoms with Crippen LogP contribution in [-0.4, -0.2) is 4.57 Å². The quantitative estimate of drug-likeness (QED) is 0.633. The summed E-state index contributed by atoms with van der Waals surface area (Å²) in [4.78, 5) is 12.0. The number of rotatable bonds is 2. The fourth-order valence-electron chi connectivity index (χ4n) is 2.19. The zero-order valence-corrected chi connectivity index (χ0v) is 12.8. The molecule has 2 aromatic carbocycles. The van der Waals surface area contributed by atoms with Crippen LogP contribution in [-0.2, 0) is 6.54 Å². The number of halogens is 2. The lowest BCUT2D eigenvalue weighted by atomic mass is 10.1. The molecule has 0 aliphatic rings. The Hall–Kier alpha value is -1.63. The van der Waals surface area contributed by atoms with Crippen molar-refractivity contribution >= 4 is 33.7 Å². The number of aryl methyl sites for hydroxylation is 1. The van der Waals surface area contributed by atoms with Gasteiger partial charge in [-0.3, -0.25) is 4.57 Å². The van der Waals surface area contributed by atoms with Gasteiger partial charge < -0.3 is 4.42 Å². The molecule has 3 rings (SSSR count). The maximum absolute atomic E-state index is 13.1. The van der Waals surface area contributed by atoms with Crippen LogP contribution in [0.3, 0.4) is 0 Å². The van der Waals surface area contributed by atoms with E-state index < -0.39 is 5.76 Å². The summed E-state index contributed by atoms with van der Waals surface area (Å²) in [7, 11) is 0. The first-order valence-electron chi connectivity index (χ1n) is 6.08. The zero-order chi connectivity index (χ0) is 14.3. The summed E-state index contributed by atoms with van der Waals surface area (Å²) in [6, 6.07) is 10.1. The summed E-state index contributed by atoms with van der Waals surface area (Å²) >= 11 is 2.19. The van der Waals surface area contributed by atoms with Gasteiger partial charge in [0.15, 0.2) is 5.58 Å². The molecule has 0 saturated heterocycles. The molecule has 0 spiro atoms. The topological polar surface area (TPSA) is 35.1 Å². The highest BCUT2D eigenvalue weighted by Gasteiger charge is 2.11. The molecule has 0 amide bonds. The van der Waals surface area contributed by atoms with Gasteiger partial charge in [-0.25, -0.2) is 9.18 Å². The minimum absolute atomic E-state index is 0.273. The van der Waals surface area contributed by atoms with E-state index in [1.54, 1.807) is 16.7 Å². The first-order chi connectivity index (χ1) is 9.54. The molecule has 0 saturated carbocycles. The SMILES string of the molecule is Cc1cc(F)ccc1Cn1c(=O)oc2ccc(I)cc21. The van der Waals surface area contributed by atoms with Crippen molar-refractivity contribution in [2.24, 2.45) is 0 Å². The normalized spacial score (nSPS) is 11.2. The van der Waals surface area contributed by atoms with Crippen LogP contribution < -0.4 is 5.76 Å². The van der Waals surface area contributed by atoms with Crippen molar-refractivity contribution in [1.82, 2.24) is 4.57 Å². The van der Waals surface area contributed by atoms with Gasteiger partial charge in [-0.1, -0.05) is 6.07 Å². The van der Waals surface area contributed by atoms with Gasteiger partial charge in [-0.05, 0) is 71.0 Å². The Morgan fingerprint density at radius 2 is 2.05 bits per heavy atom. The van der Waals surface area contributed by atoms with E-state index in [1.807, 2.05) is 19.1 Å². The summed E-state index contributed by atoms with van der Waals surface area (Å²) < 4.78 is 20.9. The maximum atomic E-state index is 13.1. The molecule has 0 N–H and O–H groups in total. The first-order valence-corrected chi connectivity index (χ1v) is 7.16. The lowest BCUT2D eigenvalue weighted by molar-refractivity contribution is 0.517. The number of fused-ring (bicyclic) bond motifs is 1. The van der Waals surface area contributed by atoms with Crippen LogP contribution in [0.25, 0.3) is 11.1 Å². The van der Waals surface area contributed by atoms with E-state index in [-0.39, 0.29) is 5.82 Å². The van der Waals surface area contributed by atoms with Gasteiger partial charge in [0, 0.05) is 3.57 Å². The average molecular weight is 383 g/mol. The first kappa shape index (κ1) is 13.4. The van der Waals surface area contributed by atoms with Crippen LogP contribution in [0.2, 0.25) is 0 Å². The van der Waals surface area contributed by atoms with Crippen molar-refractivity contribution in [3.05, 3.63) is 67.5 Å². The summed E-state index contributed by atoms with van der Waals surface area (Å²) in [6.45, 7) is 2.20. The fourth-order valence-corrected chi connectivity index (χ4v) is 2.67. The summed E-state index contributed by atoms with van der Waals surface area (Å²) in [5, 5.41) is 0. The molecular weight excluding hydrogens is 372 g/mol. The van der Waals surface area contributed by atoms with E-state index in [0.29, 0.717) is 12.1 Å². The number of nitrogens with zero attached hydrogens (tertiary/aromatic N) is 1. The van der Waals surface area contributed by atoms with Crippen LogP contribution in [0.4, 0.5) is 4.39 Å². The van der Waals surface area contributed by atoms with Crippen molar-refractivity contribution in [3.63, 3.8) is 0 Å². The van der Waals surface area contributed by atoms with E-state index >= 15 is 0 Å². The van der Waals surface area contributed by atoms with Crippen molar-refractivity contribution in [2.75, 3.05) is 0 Å². The lowest BCUT2D eigenvalue weighted by Gasteiger charge is -2.06. The van der Waals surface area contributed by atoms with Crippen molar-refractivity contribution in [3.8, 4) is 0 Å². The van der Waals surface area contributed by atoms with Gasteiger partial charge in [0.1, 0.15) is 5.82 Å². The molecule has 0 atom stereocenters. The molecule has 0 aliphatic heterocycles. The molecule has 3 nitrogen and oxygen atoms in total. The third kappa shape index (κ3) is 2.37. The molecule has 0 aliphatic carbocycles. The Bertz CT molecular complexity index is 851. The summed E-state index contributed by atoms with van der Waals surface area (Å²) in [5.41, 5.74) is 3.03. The second kappa shape index (κ2) is 5.05. The van der Waals surface area contributed by atoms with Crippen LogP contribution >= 0.6 is 22.6 Å². The van der Waals surface area contributed by atoms with Crippen LogP contribution in [0.5, 0.6) is 0 Å². The van der Waals surface area contributed by atoms with E-state index in [2.05, 4.69) is 22.6 Å². The van der Waals surface area contributed by atoms with Gasteiger partial charge in [0.05, 0.1) is 12.1 Å². The monoisotopic (exact) mass is 383 g/mol. The zero-order valence-electron chi connectivity index (χ0n) is 10.7. The van der Waals surface area contributed by atoms with Gasteiger partial charge in [0.2, 0.25) is 0 Å². The smallest absolute Gasteiger partial charge is 0.408 e. The van der Waals surface area contributed by atoms with Gasteiger partial charge in [-0.2, -0.15) is 0 Å². The highest BCUT2D eigenvalue weighted by Crippen LogP contribution is 2.19. The molecule has 5 heteroatoms. The highest BCUT2D eigenvalue weighted by molar-refractivity contribution is 14.1. The molecule has 0 unspecified atom stereocenters. The van der Waals surface area contributed by atoms with Crippen LogP contribution in [0.1, 0.15) is 11.1 Å². The molecule has 1 heterocycles. The molecular formula is C15H11FINO2. The number of aromatic nitrogens is 1. The summed E-state index contributed by atoms with van der Waals surface area (Å²) in [5.74, 6) is -0.670. The second-order valence-corrected chi connectivity index (χ2v) is 5.88. The van der Waals surface area contributed by atoms with Crippen molar-refractivity contribution in [2.45, 2.75) is 13.5 Å². The molecule has 0 bridgehead atoms. The highest BCUT2D eigenvalue weighted by atomic mass is 127. The van der Waals surface area contributed by atoms with Gasteiger partial charge >= 0.3 is 5.76 Å². The Morgan fingerprint density at radius 3 is 2.80 bits per heavy atom. The number of hydrogen-bond donors (Lipinski definition) is 0. The van der Waals surface area contributed by atoms with Crippen LogP contribution in [0, 0.1) is 16.3 Å². The van der Waals surface area contributed by atoms with E-state index in [9.17, 15) is 9.18 Å². The second-order valence-electron chi connectivity index (χ2n) is 4.64. The Morgan fingerprint density at radius 1 is 1.25 bits per heavy atom. The average Bonchev–Trinajstić information content (AvgIpc) is 2.69. The predicted octanol–water partition coefficient (Wildman–Crippen LogP) is 3.69. The fraction of sp³-hybridized carbons (Fsp3) is 0.133. The van der Waals surface area contributed by atoms with E-state index in [4.69, 9.17) is 4.42 Å². The Labute approximate surface area is 128 Å². The van der Waals surface area contributed by atoms with E-state index in [1.165, 1.54) is 12.1 Å². The minimum atomic E-state index is -0.397. The third-order valence-electron chi connectivity index (χ3n) is 3.26. The molecule has 20 heavy (non-hydrogen) atoms. The van der Waals surface area contributed by atoms with Crippen LogP contribution in [0.15, 0.2) is 45.6 Å². The third-order valence-corrected chi connectivity index (χ3v) is 3.93. The lowest BCUT2D eigenvalue weighted by Crippen LogP contribution is -2.15. The minimum Gasteiger partial charge on any atom is -0.408 e. The Balaban J connectivity index is 2.12. The Kier molecular flexibility index (Phi) is 3.37. The predicted molar refractivity (Wildman–Crippen MR) is 83.4 cm³/mol. The molecule has 102 valence electrons. The summed E-state index contributed by atoms with van der Waals surface area (Å²) in [6.07, 6.45) is 0. The standard InChI is InChI=1S/C15H11FINO2/c1-9-6-11(16)3-2-10(9)8-18-13-7-12(17)4-5-14(13)20-15(18)19/h2-7H,8H2,1H3. The molecule has 1 aromatic heterocycles. The van der Waals surface area contributed by atoms with Crippen molar-refractivity contribution in [1.29, 1.82) is 0 Å². The molecule has 0 fully saturated rings. The maximum Gasteiger partial charge on any atom is 0.420 e. The van der Waals surface area contributed by atoms with E-state index in [0.717, 1.165) is 20.2 Å². The molecule has 0 radical (unpaired) electrons. The van der Waals surface area contributed by atoms with Gasteiger partial charge in [0.25, 0.3) is 0 Å². The molecule has 3 aromatic rings. The van der Waals surface area contributed by atoms with Crippen molar-refractivity contribution < 1.29 is 8.81 Å². The largest absolute Gasteiger partial charge is 0.420 e. The number of oxazole rings is 1.